The van der Waals surface area contributed by atoms with Gasteiger partial charge in [-0.1, -0.05) is 42.0 Å². The number of nitrogens with zero attached hydrogens (tertiary/aromatic N) is 1. The van der Waals surface area contributed by atoms with E-state index in [-0.39, 0.29) is 5.70 Å². The summed E-state index contributed by atoms with van der Waals surface area (Å²) < 4.78 is 10.6. The van der Waals surface area contributed by atoms with Gasteiger partial charge in [0.25, 0.3) is 11.8 Å². The van der Waals surface area contributed by atoms with E-state index >= 15 is 0 Å². The zero-order chi connectivity index (χ0) is 22.0. The average Bonchev–Trinajstić information content (AvgIpc) is 3.04. The van der Waals surface area contributed by atoms with E-state index in [1.54, 1.807) is 55.6 Å². The molecule has 4 rings (SSSR count). The highest BCUT2D eigenvalue weighted by molar-refractivity contribution is 6.46. The summed E-state index contributed by atoms with van der Waals surface area (Å²) in [5.74, 6) is 0.288. The maximum absolute atomic E-state index is 13.5. The van der Waals surface area contributed by atoms with Gasteiger partial charge in [0.1, 0.15) is 17.2 Å². The minimum Gasteiger partial charge on any atom is -0.497 e. The number of ether oxygens (including phenoxy) is 2. The minimum absolute atomic E-state index is 0.213. The lowest BCUT2D eigenvalue weighted by Gasteiger charge is -2.18. The average molecular weight is 414 g/mol. The van der Waals surface area contributed by atoms with Crippen LogP contribution in [0.3, 0.4) is 0 Å². The van der Waals surface area contributed by atoms with Crippen molar-refractivity contribution in [2.24, 2.45) is 0 Å². The van der Waals surface area contributed by atoms with E-state index in [0.29, 0.717) is 34.0 Å². The van der Waals surface area contributed by atoms with Gasteiger partial charge >= 0.3 is 0 Å². The van der Waals surface area contributed by atoms with E-state index in [1.807, 2.05) is 31.2 Å². The molecule has 156 valence electrons. The summed E-state index contributed by atoms with van der Waals surface area (Å²) >= 11 is 0. The van der Waals surface area contributed by atoms with Crippen molar-refractivity contribution in [2.75, 3.05) is 24.4 Å². The summed E-state index contributed by atoms with van der Waals surface area (Å²) in [5, 5.41) is 3.14. The number of imide groups is 1. The molecule has 0 radical (unpaired) electrons. The Hall–Kier alpha value is -4.06. The first-order chi connectivity index (χ1) is 15.0. The number of nitrogens with one attached hydrogen (secondary N) is 1. The van der Waals surface area contributed by atoms with Crippen LogP contribution in [0.4, 0.5) is 11.4 Å². The lowest BCUT2D eigenvalue weighted by atomic mass is 10.0. The van der Waals surface area contributed by atoms with Gasteiger partial charge in [0.15, 0.2) is 0 Å². The second-order valence-corrected chi connectivity index (χ2v) is 7.09. The van der Waals surface area contributed by atoms with Crippen LogP contribution in [0, 0.1) is 6.92 Å². The summed E-state index contributed by atoms with van der Waals surface area (Å²) in [6.07, 6.45) is 0. The Morgan fingerprint density at radius 1 is 0.774 bits per heavy atom. The van der Waals surface area contributed by atoms with E-state index in [9.17, 15) is 9.59 Å². The summed E-state index contributed by atoms with van der Waals surface area (Å²) in [5.41, 5.74) is 3.32. The number of aryl methyl sites for hydroxylation is 1. The van der Waals surface area contributed by atoms with E-state index in [1.165, 1.54) is 7.11 Å². The molecule has 6 nitrogen and oxygen atoms in total. The number of hydrogen-bond acceptors (Lipinski definition) is 5. The maximum Gasteiger partial charge on any atom is 0.282 e. The van der Waals surface area contributed by atoms with Gasteiger partial charge in [-0.2, -0.15) is 0 Å². The topological polar surface area (TPSA) is 67.9 Å². The molecule has 1 heterocycles. The predicted octanol–water partition coefficient (Wildman–Crippen LogP) is 4.41. The number of rotatable bonds is 6. The zero-order valence-corrected chi connectivity index (χ0v) is 17.5. The molecule has 0 spiro atoms. The molecule has 0 unspecified atom stereocenters. The molecule has 0 fully saturated rings. The van der Waals surface area contributed by atoms with Gasteiger partial charge in [0.05, 0.1) is 25.5 Å². The van der Waals surface area contributed by atoms with E-state index in [2.05, 4.69) is 5.32 Å². The molecule has 0 saturated heterocycles. The van der Waals surface area contributed by atoms with Crippen LogP contribution < -0.4 is 19.7 Å². The molecule has 0 saturated carbocycles. The van der Waals surface area contributed by atoms with Crippen LogP contribution in [0.2, 0.25) is 0 Å². The molecule has 6 heteroatoms. The number of methoxy groups -OCH3 is 2. The molecule has 1 aliphatic rings. The van der Waals surface area contributed by atoms with Crippen LogP contribution in [0.25, 0.3) is 5.57 Å². The maximum atomic E-state index is 13.5. The summed E-state index contributed by atoms with van der Waals surface area (Å²) in [7, 11) is 3.10. The fourth-order valence-electron chi connectivity index (χ4n) is 3.49. The van der Waals surface area contributed by atoms with E-state index in [0.717, 1.165) is 10.5 Å². The Morgan fingerprint density at radius 2 is 1.45 bits per heavy atom. The van der Waals surface area contributed by atoms with Crippen LogP contribution in [0.5, 0.6) is 11.5 Å². The van der Waals surface area contributed by atoms with Crippen molar-refractivity contribution in [3.63, 3.8) is 0 Å². The quantitative estimate of drug-likeness (QED) is 0.605. The number of benzene rings is 3. The van der Waals surface area contributed by atoms with Crippen molar-refractivity contribution >= 4 is 28.8 Å². The lowest BCUT2D eigenvalue weighted by molar-refractivity contribution is -0.120. The molecular weight excluding hydrogens is 392 g/mol. The van der Waals surface area contributed by atoms with Crippen LogP contribution in [0.15, 0.2) is 78.5 Å². The Balaban J connectivity index is 1.81. The van der Waals surface area contributed by atoms with Gasteiger partial charge in [-0.05, 0) is 48.9 Å². The first-order valence-electron chi connectivity index (χ1n) is 9.77. The smallest absolute Gasteiger partial charge is 0.282 e. The van der Waals surface area contributed by atoms with Gasteiger partial charge < -0.3 is 14.8 Å². The fourth-order valence-corrected chi connectivity index (χ4v) is 3.49. The highest BCUT2D eigenvalue weighted by atomic mass is 16.5. The minimum atomic E-state index is -0.444. The van der Waals surface area contributed by atoms with Gasteiger partial charge in [-0.15, -0.1) is 0 Å². The van der Waals surface area contributed by atoms with Gasteiger partial charge in [-0.25, -0.2) is 4.90 Å². The Bertz CT molecular complexity index is 1160. The van der Waals surface area contributed by atoms with Crippen molar-refractivity contribution in [2.45, 2.75) is 6.92 Å². The van der Waals surface area contributed by atoms with Crippen LogP contribution in [-0.2, 0) is 9.59 Å². The highest BCUT2D eigenvalue weighted by Gasteiger charge is 2.41. The predicted molar refractivity (Wildman–Crippen MR) is 120 cm³/mol. The van der Waals surface area contributed by atoms with Crippen molar-refractivity contribution in [1.29, 1.82) is 0 Å². The van der Waals surface area contributed by atoms with Crippen LogP contribution >= 0.6 is 0 Å². The summed E-state index contributed by atoms with van der Waals surface area (Å²) in [6, 6.07) is 21.6. The Labute approximate surface area is 180 Å². The van der Waals surface area contributed by atoms with Crippen molar-refractivity contribution in [1.82, 2.24) is 0 Å². The second-order valence-electron chi connectivity index (χ2n) is 7.09. The van der Waals surface area contributed by atoms with Crippen molar-refractivity contribution in [3.8, 4) is 11.5 Å². The normalized spacial score (nSPS) is 13.6. The molecule has 1 aliphatic heterocycles. The number of carbonyl (C=O) groups is 2. The molecule has 31 heavy (non-hydrogen) atoms. The molecule has 2 amide bonds. The molecule has 0 atom stereocenters. The molecule has 3 aromatic rings. The van der Waals surface area contributed by atoms with E-state index < -0.39 is 11.8 Å². The summed E-state index contributed by atoms with van der Waals surface area (Å²) in [4.78, 5) is 28.1. The SMILES string of the molecule is COc1ccc(NC2=C(c3ccc(C)cc3)C(=O)N(c3ccccc3OC)C2=O)cc1. The highest BCUT2D eigenvalue weighted by Crippen LogP contribution is 2.37. The first kappa shape index (κ1) is 20.2. The third-order valence-electron chi connectivity index (χ3n) is 5.11. The number of anilines is 2. The zero-order valence-electron chi connectivity index (χ0n) is 17.5. The number of carbonyl (C=O) groups excluding carboxylic acids is 2. The largest absolute Gasteiger partial charge is 0.497 e. The number of para-hydroxylation sites is 2. The van der Waals surface area contributed by atoms with Gasteiger partial charge in [0, 0.05) is 5.69 Å². The van der Waals surface area contributed by atoms with Crippen molar-refractivity contribution in [3.05, 3.63) is 89.6 Å². The monoisotopic (exact) mass is 414 g/mol. The number of hydrogen-bond donors (Lipinski definition) is 1. The van der Waals surface area contributed by atoms with Gasteiger partial charge in [0.2, 0.25) is 0 Å². The lowest BCUT2D eigenvalue weighted by Crippen LogP contribution is -2.32. The Morgan fingerprint density at radius 3 is 2.10 bits per heavy atom. The van der Waals surface area contributed by atoms with E-state index in [4.69, 9.17) is 9.47 Å². The molecule has 0 aliphatic carbocycles. The molecule has 0 bridgehead atoms. The third-order valence-corrected chi connectivity index (χ3v) is 5.11. The first-order valence-corrected chi connectivity index (χ1v) is 9.77. The molecular formula is C25H22N2O4. The second kappa shape index (κ2) is 8.36. The summed E-state index contributed by atoms with van der Waals surface area (Å²) in [6.45, 7) is 1.97. The van der Waals surface area contributed by atoms with Gasteiger partial charge in [-0.3, -0.25) is 9.59 Å². The fraction of sp³-hybridized carbons (Fsp3) is 0.120. The van der Waals surface area contributed by atoms with Crippen molar-refractivity contribution < 1.29 is 19.1 Å². The standard InChI is InChI=1S/C25H22N2O4/c1-16-8-10-17(11-9-16)22-23(26-18-12-14-19(30-2)15-13-18)25(29)27(24(22)28)20-6-4-5-7-21(20)31-3/h4-15,26H,1-3H3. The van der Waals surface area contributed by atoms with Crippen LogP contribution in [0.1, 0.15) is 11.1 Å². The van der Waals surface area contributed by atoms with Crippen LogP contribution in [-0.4, -0.2) is 26.0 Å². The Kier molecular flexibility index (Phi) is 5.45. The molecule has 0 aromatic heterocycles. The number of amides is 2. The molecule has 3 aromatic carbocycles. The molecule has 1 N–H and O–H groups in total. The third kappa shape index (κ3) is 3.75.